The van der Waals surface area contributed by atoms with Gasteiger partial charge in [0, 0.05) is 30.3 Å². The number of nitrogens with zero attached hydrogens (tertiary/aromatic N) is 4. The second-order valence-corrected chi connectivity index (χ2v) is 11.5. The molecule has 2 aliphatic rings. The molecular formula is C24H30N6O3S. The normalized spacial score (nSPS) is 17.8. The van der Waals surface area contributed by atoms with Gasteiger partial charge in [0.25, 0.3) is 5.91 Å². The van der Waals surface area contributed by atoms with E-state index in [0.29, 0.717) is 54.3 Å². The van der Waals surface area contributed by atoms with Crippen LogP contribution in [0.5, 0.6) is 0 Å². The number of hydrogen-bond acceptors (Lipinski definition) is 6. The number of anilines is 2. The van der Waals surface area contributed by atoms with Gasteiger partial charge in [0.15, 0.2) is 17.3 Å². The van der Waals surface area contributed by atoms with Crippen molar-refractivity contribution >= 4 is 33.2 Å². The van der Waals surface area contributed by atoms with E-state index in [9.17, 15) is 13.2 Å². The molecule has 2 aromatic heterocycles. The van der Waals surface area contributed by atoms with Crippen molar-refractivity contribution in [3.05, 3.63) is 42.2 Å². The quantitative estimate of drug-likeness (QED) is 0.535. The number of aromatic nitrogens is 3. The fourth-order valence-electron chi connectivity index (χ4n) is 4.06. The molecule has 1 saturated carbocycles. The third-order valence-electron chi connectivity index (χ3n) is 6.12. The Balaban J connectivity index is 1.54. The molecule has 0 unspecified atom stereocenters. The number of hydrogen-bond donors (Lipinski definition) is 2. The molecule has 0 radical (unpaired) electrons. The Labute approximate surface area is 199 Å². The Hall–Kier alpha value is -3.14. The second-order valence-electron chi connectivity index (χ2n) is 9.48. The van der Waals surface area contributed by atoms with Crippen LogP contribution in [0.15, 0.2) is 36.7 Å². The van der Waals surface area contributed by atoms with Crippen molar-refractivity contribution in [3.63, 3.8) is 0 Å². The van der Waals surface area contributed by atoms with Crippen LogP contribution in [0.2, 0.25) is 0 Å². The lowest BCUT2D eigenvalue weighted by molar-refractivity contribution is 0.0951. The summed E-state index contributed by atoms with van der Waals surface area (Å²) >= 11 is 0. The Morgan fingerprint density at radius 1 is 1.18 bits per heavy atom. The number of nitrogens with one attached hydrogen (secondary N) is 2. The molecule has 1 amide bonds. The summed E-state index contributed by atoms with van der Waals surface area (Å²) in [6, 6.07) is 7.71. The average Bonchev–Trinajstić information content (AvgIpc) is 3.52. The lowest BCUT2D eigenvalue weighted by atomic mass is 10.1. The van der Waals surface area contributed by atoms with Gasteiger partial charge in [0.2, 0.25) is 10.0 Å². The van der Waals surface area contributed by atoms with E-state index in [1.165, 1.54) is 4.31 Å². The molecule has 0 spiro atoms. The lowest BCUT2D eigenvalue weighted by Crippen LogP contribution is -2.38. The number of fused-ring (bicyclic) bond motifs is 1. The van der Waals surface area contributed by atoms with Crippen LogP contribution in [-0.2, 0) is 10.0 Å². The summed E-state index contributed by atoms with van der Waals surface area (Å²) in [4.78, 5) is 21.6. The monoisotopic (exact) mass is 482 g/mol. The largest absolute Gasteiger partial charge is 0.367 e. The van der Waals surface area contributed by atoms with Crippen LogP contribution >= 0.6 is 0 Å². The van der Waals surface area contributed by atoms with E-state index < -0.39 is 10.0 Å². The average molecular weight is 483 g/mol. The van der Waals surface area contributed by atoms with Crippen LogP contribution in [0.4, 0.5) is 11.6 Å². The SMILES string of the molecule is CC(C)CNc1nc(N2CCCCS2(=O)=O)cn2c(-c3ccc(C(=O)NC4CC4)cc3)cnc12. The number of imidazole rings is 1. The number of rotatable bonds is 7. The summed E-state index contributed by atoms with van der Waals surface area (Å²) in [5.74, 6) is 1.39. The van der Waals surface area contributed by atoms with Gasteiger partial charge in [-0.05, 0) is 43.7 Å². The zero-order chi connectivity index (χ0) is 23.9. The molecular weight excluding hydrogens is 452 g/mol. The van der Waals surface area contributed by atoms with Crippen LogP contribution in [0, 0.1) is 5.92 Å². The summed E-state index contributed by atoms with van der Waals surface area (Å²) in [6.07, 6.45) is 7.05. The zero-order valence-electron chi connectivity index (χ0n) is 19.5. The third kappa shape index (κ3) is 4.59. The van der Waals surface area contributed by atoms with Crippen LogP contribution in [-0.4, -0.2) is 53.6 Å². The maximum absolute atomic E-state index is 12.8. The van der Waals surface area contributed by atoms with Crippen molar-refractivity contribution in [2.75, 3.05) is 28.5 Å². The lowest BCUT2D eigenvalue weighted by Gasteiger charge is -2.27. The number of amides is 1. The van der Waals surface area contributed by atoms with Crippen molar-refractivity contribution in [2.45, 2.75) is 45.6 Å². The first-order chi connectivity index (χ1) is 16.3. The van der Waals surface area contributed by atoms with E-state index >= 15 is 0 Å². The summed E-state index contributed by atoms with van der Waals surface area (Å²) in [5.41, 5.74) is 2.92. The molecule has 34 heavy (non-hydrogen) atoms. The summed E-state index contributed by atoms with van der Waals surface area (Å²) in [6.45, 7) is 5.30. The number of carbonyl (C=O) groups excluding carboxylic acids is 1. The maximum Gasteiger partial charge on any atom is 0.251 e. The van der Waals surface area contributed by atoms with Gasteiger partial charge in [0.05, 0.1) is 23.8 Å². The first kappa shape index (κ1) is 22.6. The molecule has 1 aliphatic carbocycles. The topological polar surface area (TPSA) is 109 Å². The molecule has 2 N–H and O–H groups in total. The van der Waals surface area contributed by atoms with Crippen LogP contribution in [0.1, 0.15) is 49.9 Å². The predicted octanol–water partition coefficient (Wildman–Crippen LogP) is 3.29. The molecule has 1 saturated heterocycles. The standard InChI is InChI=1S/C24H30N6O3S/c1-16(2)13-25-22-23-26-14-20(17-5-7-18(8-6-17)24(31)27-19-9-10-19)29(23)15-21(28-22)30-11-3-4-12-34(30,32)33/h5-8,14-16,19H,3-4,9-13H2,1-2H3,(H,25,28)(H,27,31). The highest BCUT2D eigenvalue weighted by Crippen LogP contribution is 2.29. The Morgan fingerprint density at radius 2 is 1.94 bits per heavy atom. The van der Waals surface area contributed by atoms with Crippen molar-refractivity contribution < 1.29 is 13.2 Å². The van der Waals surface area contributed by atoms with Gasteiger partial charge in [-0.2, -0.15) is 0 Å². The highest BCUT2D eigenvalue weighted by Gasteiger charge is 2.29. The molecule has 9 nitrogen and oxygen atoms in total. The van der Waals surface area contributed by atoms with Crippen LogP contribution in [0.25, 0.3) is 16.9 Å². The summed E-state index contributed by atoms with van der Waals surface area (Å²) in [5, 5.41) is 6.34. The molecule has 3 aromatic rings. The Bertz CT molecular complexity index is 1310. The number of carbonyl (C=O) groups is 1. The van der Waals surface area contributed by atoms with Crippen LogP contribution in [0.3, 0.4) is 0 Å². The smallest absolute Gasteiger partial charge is 0.251 e. The Morgan fingerprint density at radius 3 is 2.62 bits per heavy atom. The molecule has 1 aromatic carbocycles. The van der Waals surface area contributed by atoms with Gasteiger partial charge in [-0.1, -0.05) is 26.0 Å². The van der Waals surface area contributed by atoms with Crippen LogP contribution < -0.4 is 14.9 Å². The van der Waals surface area contributed by atoms with E-state index in [2.05, 4.69) is 34.4 Å². The molecule has 10 heteroatoms. The molecule has 0 atom stereocenters. The first-order valence-electron chi connectivity index (χ1n) is 11.9. The number of sulfonamides is 1. The van der Waals surface area contributed by atoms with E-state index in [1.807, 2.05) is 28.7 Å². The van der Waals surface area contributed by atoms with Crippen molar-refractivity contribution in [2.24, 2.45) is 5.92 Å². The zero-order valence-corrected chi connectivity index (χ0v) is 20.3. The van der Waals surface area contributed by atoms with Gasteiger partial charge in [-0.15, -0.1) is 0 Å². The molecule has 1 aliphatic heterocycles. The highest BCUT2D eigenvalue weighted by atomic mass is 32.2. The van der Waals surface area contributed by atoms with Gasteiger partial charge >= 0.3 is 0 Å². The third-order valence-corrected chi connectivity index (χ3v) is 7.96. The molecule has 3 heterocycles. The fraction of sp³-hybridized carbons (Fsp3) is 0.458. The van der Waals surface area contributed by atoms with Crippen molar-refractivity contribution in [1.29, 1.82) is 0 Å². The maximum atomic E-state index is 12.8. The van der Waals surface area contributed by atoms with E-state index in [-0.39, 0.29) is 11.7 Å². The predicted molar refractivity (Wildman–Crippen MR) is 133 cm³/mol. The fourth-order valence-corrected chi connectivity index (χ4v) is 5.63. The summed E-state index contributed by atoms with van der Waals surface area (Å²) < 4.78 is 28.8. The second kappa shape index (κ2) is 8.90. The van der Waals surface area contributed by atoms with E-state index in [4.69, 9.17) is 0 Å². The molecule has 180 valence electrons. The number of benzene rings is 1. The minimum absolute atomic E-state index is 0.0610. The highest BCUT2D eigenvalue weighted by molar-refractivity contribution is 7.92. The van der Waals surface area contributed by atoms with Gasteiger partial charge in [-0.3, -0.25) is 13.5 Å². The molecule has 5 rings (SSSR count). The summed E-state index contributed by atoms with van der Waals surface area (Å²) in [7, 11) is -3.41. The van der Waals surface area contributed by atoms with Gasteiger partial charge in [0.1, 0.15) is 0 Å². The van der Waals surface area contributed by atoms with Crippen molar-refractivity contribution in [1.82, 2.24) is 19.7 Å². The molecule has 2 fully saturated rings. The van der Waals surface area contributed by atoms with Gasteiger partial charge < -0.3 is 10.6 Å². The van der Waals surface area contributed by atoms with E-state index in [1.54, 1.807) is 12.4 Å². The van der Waals surface area contributed by atoms with E-state index in [0.717, 1.165) is 30.5 Å². The Kier molecular flexibility index (Phi) is 5.93. The minimum atomic E-state index is -3.41. The molecule has 0 bridgehead atoms. The minimum Gasteiger partial charge on any atom is -0.367 e. The van der Waals surface area contributed by atoms with Crippen molar-refractivity contribution in [3.8, 4) is 11.3 Å². The van der Waals surface area contributed by atoms with Gasteiger partial charge in [-0.25, -0.2) is 18.4 Å². The first-order valence-corrected chi connectivity index (χ1v) is 13.5.